The van der Waals surface area contributed by atoms with Crippen LogP contribution >= 0.6 is 22.9 Å². The van der Waals surface area contributed by atoms with E-state index in [-0.39, 0.29) is 0 Å². The standard InChI is InChI=1S/C7H5ClOS/c1-4-6-5(2-3-10-6)9-7(4)8/h2-3H,1H3. The van der Waals surface area contributed by atoms with Crippen LogP contribution in [0.15, 0.2) is 15.9 Å². The van der Waals surface area contributed by atoms with Gasteiger partial charge in [-0.1, -0.05) is 0 Å². The van der Waals surface area contributed by atoms with E-state index in [9.17, 15) is 0 Å². The van der Waals surface area contributed by atoms with E-state index in [0.717, 1.165) is 15.8 Å². The van der Waals surface area contributed by atoms with Crippen LogP contribution in [0.1, 0.15) is 5.56 Å². The second-order valence-electron chi connectivity index (χ2n) is 2.11. The average Bonchev–Trinajstić information content (AvgIpc) is 2.41. The van der Waals surface area contributed by atoms with Gasteiger partial charge in [-0.25, -0.2) is 0 Å². The minimum Gasteiger partial charge on any atom is -0.443 e. The van der Waals surface area contributed by atoms with Crippen LogP contribution in [0.2, 0.25) is 5.22 Å². The quantitative estimate of drug-likeness (QED) is 0.593. The first-order valence-electron chi connectivity index (χ1n) is 2.91. The maximum atomic E-state index is 5.73. The lowest BCUT2D eigenvalue weighted by Crippen LogP contribution is -1.58. The lowest BCUT2D eigenvalue weighted by molar-refractivity contribution is 0.615. The zero-order valence-electron chi connectivity index (χ0n) is 5.35. The van der Waals surface area contributed by atoms with Crippen LogP contribution in [-0.2, 0) is 0 Å². The normalized spacial score (nSPS) is 11.0. The molecule has 52 valence electrons. The third kappa shape index (κ3) is 0.693. The van der Waals surface area contributed by atoms with Crippen molar-refractivity contribution in [2.24, 2.45) is 0 Å². The smallest absolute Gasteiger partial charge is 0.198 e. The molecule has 0 aliphatic heterocycles. The van der Waals surface area contributed by atoms with Crippen LogP contribution in [0.4, 0.5) is 0 Å². The van der Waals surface area contributed by atoms with Crippen LogP contribution in [-0.4, -0.2) is 0 Å². The van der Waals surface area contributed by atoms with Crippen molar-refractivity contribution in [3.63, 3.8) is 0 Å². The Morgan fingerprint density at radius 3 is 3.10 bits per heavy atom. The van der Waals surface area contributed by atoms with E-state index in [0.29, 0.717) is 5.22 Å². The van der Waals surface area contributed by atoms with E-state index < -0.39 is 0 Å². The maximum absolute atomic E-state index is 5.73. The first-order chi connectivity index (χ1) is 4.79. The van der Waals surface area contributed by atoms with Gasteiger partial charge in [-0.3, -0.25) is 0 Å². The summed E-state index contributed by atoms with van der Waals surface area (Å²) in [5.74, 6) is 0. The van der Waals surface area contributed by atoms with Gasteiger partial charge in [-0.2, -0.15) is 0 Å². The van der Waals surface area contributed by atoms with Crippen molar-refractivity contribution >= 4 is 33.2 Å². The monoisotopic (exact) mass is 172 g/mol. The molecule has 2 aromatic heterocycles. The Labute approximate surface area is 67.2 Å². The average molecular weight is 173 g/mol. The van der Waals surface area contributed by atoms with Crippen molar-refractivity contribution in [2.45, 2.75) is 6.92 Å². The number of hydrogen-bond donors (Lipinski definition) is 0. The summed E-state index contributed by atoms with van der Waals surface area (Å²) < 4.78 is 6.37. The molecule has 0 atom stereocenters. The van der Waals surface area contributed by atoms with Crippen LogP contribution in [0.3, 0.4) is 0 Å². The number of fused-ring (bicyclic) bond motifs is 1. The Morgan fingerprint density at radius 1 is 1.60 bits per heavy atom. The van der Waals surface area contributed by atoms with Crippen molar-refractivity contribution in [3.05, 3.63) is 22.2 Å². The highest BCUT2D eigenvalue weighted by atomic mass is 35.5. The predicted molar refractivity (Wildman–Crippen MR) is 43.8 cm³/mol. The molecule has 0 saturated heterocycles. The first kappa shape index (κ1) is 6.25. The SMILES string of the molecule is Cc1c(Cl)oc2ccsc12. The highest BCUT2D eigenvalue weighted by Crippen LogP contribution is 2.32. The van der Waals surface area contributed by atoms with E-state index in [1.165, 1.54) is 0 Å². The molecule has 0 amide bonds. The summed E-state index contributed by atoms with van der Waals surface area (Å²) in [6, 6.07) is 1.93. The molecule has 0 aliphatic carbocycles. The number of hydrogen-bond acceptors (Lipinski definition) is 2. The molecule has 10 heavy (non-hydrogen) atoms. The summed E-state index contributed by atoms with van der Waals surface area (Å²) in [6.45, 7) is 1.96. The summed E-state index contributed by atoms with van der Waals surface area (Å²) in [4.78, 5) is 0. The van der Waals surface area contributed by atoms with E-state index >= 15 is 0 Å². The summed E-state index contributed by atoms with van der Waals surface area (Å²) in [7, 11) is 0. The van der Waals surface area contributed by atoms with Gasteiger partial charge in [0.2, 0.25) is 0 Å². The van der Waals surface area contributed by atoms with E-state index in [4.69, 9.17) is 16.0 Å². The molecule has 0 radical (unpaired) electrons. The molecule has 0 aromatic carbocycles. The largest absolute Gasteiger partial charge is 0.443 e. The Hall–Kier alpha value is -0.470. The second kappa shape index (κ2) is 2.01. The summed E-state index contributed by atoms with van der Waals surface area (Å²) >= 11 is 7.39. The second-order valence-corrected chi connectivity index (χ2v) is 3.37. The van der Waals surface area contributed by atoms with Gasteiger partial charge < -0.3 is 4.42 Å². The molecule has 2 aromatic rings. The van der Waals surface area contributed by atoms with Gasteiger partial charge in [-0.15, -0.1) is 11.3 Å². The zero-order valence-corrected chi connectivity index (χ0v) is 6.92. The zero-order chi connectivity index (χ0) is 7.14. The van der Waals surface area contributed by atoms with E-state index in [1.54, 1.807) is 11.3 Å². The Morgan fingerprint density at radius 2 is 2.40 bits per heavy atom. The molecule has 0 fully saturated rings. The fourth-order valence-corrected chi connectivity index (χ4v) is 1.97. The van der Waals surface area contributed by atoms with Crippen LogP contribution in [0.25, 0.3) is 10.3 Å². The lowest BCUT2D eigenvalue weighted by atomic mass is 10.4. The number of aryl methyl sites for hydroxylation is 1. The van der Waals surface area contributed by atoms with Gasteiger partial charge in [0.25, 0.3) is 0 Å². The molecule has 0 spiro atoms. The van der Waals surface area contributed by atoms with E-state index in [1.807, 2.05) is 18.4 Å². The molecule has 0 aliphatic rings. The molecule has 3 heteroatoms. The van der Waals surface area contributed by atoms with Crippen molar-refractivity contribution in [1.29, 1.82) is 0 Å². The van der Waals surface area contributed by atoms with Gasteiger partial charge in [0, 0.05) is 5.56 Å². The van der Waals surface area contributed by atoms with Gasteiger partial charge in [0.05, 0.1) is 4.70 Å². The minimum atomic E-state index is 0.516. The maximum Gasteiger partial charge on any atom is 0.198 e. The third-order valence-corrected chi connectivity index (χ3v) is 2.84. The predicted octanol–water partition coefficient (Wildman–Crippen LogP) is 3.46. The van der Waals surface area contributed by atoms with Crippen LogP contribution < -0.4 is 0 Å². The van der Waals surface area contributed by atoms with E-state index in [2.05, 4.69) is 0 Å². The molecule has 0 bridgehead atoms. The van der Waals surface area contributed by atoms with Gasteiger partial charge in [0.15, 0.2) is 5.22 Å². The number of rotatable bonds is 0. The molecular weight excluding hydrogens is 168 g/mol. The van der Waals surface area contributed by atoms with Crippen molar-refractivity contribution in [3.8, 4) is 0 Å². The minimum absolute atomic E-state index is 0.516. The van der Waals surface area contributed by atoms with Crippen molar-refractivity contribution in [2.75, 3.05) is 0 Å². The van der Waals surface area contributed by atoms with Crippen molar-refractivity contribution in [1.82, 2.24) is 0 Å². The highest BCUT2D eigenvalue weighted by molar-refractivity contribution is 7.17. The topological polar surface area (TPSA) is 13.1 Å². The first-order valence-corrected chi connectivity index (χ1v) is 4.17. The fourth-order valence-electron chi connectivity index (χ4n) is 0.914. The highest BCUT2D eigenvalue weighted by Gasteiger charge is 2.07. The molecule has 2 rings (SSSR count). The Kier molecular flexibility index (Phi) is 1.25. The number of furan rings is 1. The summed E-state index contributed by atoms with van der Waals surface area (Å²) in [5, 5.41) is 2.51. The molecule has 0 saturated carbocycles. The molecule has 1 nitrogen and oxygen atoms in total. The van der Waals surface area contributed by atoms with Gasteiger partial charge >= 0.3 is 0 Å². The van der Waals surface area contributed by atoms with Crippen LogP contribution in [0, 0.1) is 6.92 Å². The molecule has 2 heterocycles. The summed E-state index contributed by atoms with van der Waals surface area (Å²) in [6.07, 6.45) is 0. The van der Waals surface area contributed by atoms with Gasteiger partial charge in [-0.05, 0) is 30.0 Å². The lowest BCUT2D eigenvalue weighted by Gasteiger charge is -1.79. The Balaban J connectivity index is 2.95. The third-order valence-electron chi connectivity index (χ3n) is 1.46. The van der Waals surface area contributed by atoms with Crippen molar-refractivity contribution < 1.29 is 4.42 Å². The summed E-state index contributed by atoms with van der Waals surface area (Å²) in [5.41, 5.74) is 1.94. The molecule has 0 unspecified atom stereocenters. The molecule has 0 N–H and O–H groups in total. The Bertz CT molecular complexity index is 360. The number of thiophene rings is 1. The molecular formula is C7H5ClOS. The number of halogens is 1. The van der Waals surface area contributed by atoms with Crippen LogP contribution in [0.5, 0.6) is 0 Å². The van der Waals surface area contributed by atoms with Gasteiger partial charge in [0.1, 0.15) is 5.58 Å². The fraction of sp³-hybridized carbons (Fsp3) is 0.143.